The van der Waals surface area contributed by atoms with Gasteiger partial charge in [-0.25, -0.2) is 0 Å². The van der Waals surface area contributed by atoms with Crippen LogP contribution < -0.4 is 5.32 Å². The van der Waals surface area contributed by atoms with E-state index in [-0.39, 0.29) is 0 Å². The molecule has 1 aromatic heterocycles. The van der Waals surface area contributed by atoms with Gasteiger partial charge < -0.3 is 9.73 Å². The fourth-order valence-electron chi connectivity index (χ4n) is 1.56. The predicted octanol–water partition coefficient (Wildman–Crippen LogP) is 2.62. The van der Waals surface area contributed by atoms with Crippen LogP contribution in [0.15, 0.2) is 16.5 Å². The molecule has 0 aliphatic heterocycles. The maximum atomic E-state index is 5.75. The molecule has 1 atom stereocenters. The molecular formula is C13H24N2O. The fraction of sp³-hybridized carbons (Fsp3) is 0.692. The molecule has 1 unspecified atom stereocenters. The summed E-state index contributed by atoms with van der Waals surface area (Å²) in [5.41, 5.74) is 0. The van der Waals surface area contributed by atoms with Crippen molar-refractivity contribution in [2.45, 2.75) is 46.3 Å². The summed E-state index contributed by atoms with van der Waals surface area (Å²) >= 11 is 0. The number of nitrogens with one attached hydrogen (secondary N) is 1. The van der Waals surface area contributed by atoms with Gasteiger partial charge in [0, 0.05) is 6.04 Å². The monoisotopic (exact) mass is 224 g/mol. The normalized spacial score (nSPS) is 13.3. The van der Waals surface area contributed by atoms with Crippen molar-refractivity contribution in [1.82, 2.24) is 10.2 Å². The Hall–Kier alpha value is -0.800. The van der Waals surface area contributed by atoms with E-state index >= 15 is 0 Å². The van der Waals surface area contributed by atoms with E-state index in [1.807, 2.05) is 0 Å². The first-order chi connectivity index (χ1) is 7.67. The van der Waals surface area contributed by atoms with Crippen molar-refractivity contribution in [3.63, 3.8) is 0 Å². The molecule has 1 aromatic rings. The number of hydrogen-bond acceptors (Lipinski definition) is 3. The maximum absolute atomic E-state index is 5.75. The van der Waals surface area contributed by atoms with Crippen LogP contribution in [-0.2, 0) is 13.1 Å². The van der Waals surface area contributed by atoms with Crippen molar-refractivity contribution in [2.24, 2.45) is 0 Å². The molecule has 0 aliphatic carbocycles. The molecule has 0 spiro atoms. The van der Waals surface area contributed by atoms with Crippen LogP contribution in [0.2, 0.25) is 0 Å². The Balaban J connectivity index is 2.45. The highest BCUT2D eigenvalue weighted by molar-refractivity contribution is 5.07. The third-order valence-electron chi connectivity index (χ3n) is 3.02. The summed E-state index contributed by atoms with van der Waals surface area (Å²) in [4.78, 5) is 2.32. The third kappa shape index (κ3) is 3.99. The second-order valence-electron chi connectivity index (χ2n) is 4.32. The third-order valence-corrected chi connectivity index (χ3v) is 3.02. The molecule has 16 heavy (non-hydrogen) atoms. The molecule has 0 saturated heterocycles. The van der Waals surface area contributed by atoms with Crippen LogP contribution in [-0.4, -0.2) is 24.5 Å². The molecule has 0 aliphatic rings. The summed E-state index contributed by atoms with van der Waals surface area (Å²) < 4.78 is 5.75. The van der Waals surface area contributed by atoms with Crippen LogP contribution in [0.5, 0.6) is 0 Å². The second-order valence-corrected chi connectivity index (χ2v) is 4.32. The van der Waals surface area contributed by atoms with Gasteiger partial charge in [0.05, 0.1) is 13.1 Å². The Kier molecular flexibility index (Phi) is 5.56. The summed E-state index contributed by atoms with van der Waals surface area (Å²) in [6.07, 6.45) is 1.17. The Morgan fingerprint density at radius 2 is 2.00 bits per heavy atom. The summed E-state index contributed by atoms with van der Waals surface area (Å²) in [6, 6.07) is 4.73. The van der Waals surface area contributed by atoms with E-state index in [1.54, 1.807) is 0 Å². The van der Waals surface area contributed by atoms with Gasteiger partial charge in [0.1, 0.15) is 11.5 Å². The van der Waals surface area contributed by atoms with Crippen molar-refractivity contribution in [3.05, 3.63) is 23.7 Å². The zero-order valence-electron chi connectivity index (χ0n) is 10.9. The lowest BCUT2D eigenvalue weighted by Gasteiger charge is -2.22. The Morgan fingerprint density at radius 3 is 2.62 bits per heavy atom. The van der Waals surface area contributed by atoms with Crippen molar-refractivity contribution in [2.75, 3.05) is 13.6 Å². The molecule has 0 radical (unpaired) electrons. The van der Waals surface area contributed by atoms with Gasteiger partial charge in [-0.05, 0) is 39.1 Å². The first-order valence-corrected chi connectivity index (χ1v) is 6.15. The smallest absolute Gasteiger partial charge is 0.118 e. The van der Waals surface area contributed by atoms with Crippen LogP contribution in [0.1, 0.15) is 38.7 Å². The largest absolute Gasteiger partial charge is 0.463 e. The lowest BCUT2D eigenvalue weighted by Crippen LogP contribution is -2.27. The van der Waals surface area contributed by atoms with Gasteiger partial charge in [0.15, 0.2) is 0 Å². The van der Waals surface area contributed by atoms with E-state index in [4.69, 9.17) is 4.42 Å². The first kappa shape index (κ1) is 13.3. The Bertz CT molecular complexity index is 296. The summed E-state index contributed by atoms with van der Waals surface area (Å²) in [7, 11) is 2.14. The summed E-state index contributed by atoms with van der Waals surface area (Å²) in [6.45, 7) is 9.23. The van der Waals surface area contributed by atoms with Crippen LogP contribution in [0, 0.1) is 0 Å². The van der Waals surface area contributed by atoms with Gasteiger partial charge in [-0.3, -0.25) is 4.90 Å². The Morgan fingerprint density at radius 1 is 1.31 bits per heavy atom. The fourth-order valence-corrected chi connectivity index (χ4v) is 1.56. The number of rotatable bonds is 7. The highest BCUT2D eigenvalue weighted by atomic mass is 16.3. The van der Waals surface area contributed by atoms with Crippen molar-refractivity contribution >= 4 is 0 Å². The highest BCUT2D eigenvalue weighted by Gasteiger charge is 2.09. The average Bonchev–Trinajstić information content (AvgIpc) is 2.72. The van der Waals surface area contributed by atoms with E-state index in [0.717, 1.165) is 31.2 Å². The number of hydrogen-bond donors (Lipinski definition) is 1. The van der Waals surface area contributed by atoms with Gasteiger partial charge in [-0.2, -0.15) is 0 Å². The van der Waals surface area contributed by atoms with Gasteiger partial charge in [-0.15, -0.1) is 0 Å². The molecule has 0 aromatic carbocycles. The molecule has 3 nitrogen and oxygen atoms in total. The molecule has 0 amide bonds. The van der Waals surface area contributed by atoms with Crippen LogP contribution >= 0.6 is 0 Å². The minimum Gasteiger partial charge on any atom is -0.463 e. The van der Waals surface area contributed by atoms with Gasteiger partial charge >= 0.3 is 0 Å². The summed E-state index contributed by atoms with van der Waals surface area (Å²) in [5, 5.41) is 3.26. The van der Waals surface area contributed by atoms with Crippen molar-refractivity contribution < 1.29 is 4.42 Å². The minimum absolute atomic E-state index is 0.599. The quantitative estimate of drug-likeness (QED) is 0.771. The standard InChI is InChI=1S/C13H24N2O/c1-5-11(3)15(4)10-13-8-7-12(16-13)9-14-6-2/h7-8,11,14H,5-6,9-10H2,1-4H3. The number of furan rings is 1. The molecule has 0 saturated carbocycles. The molecule has 92 valence electrons. The van der Waals surface area contributed by atoms with Gasteiger partial charge in [0.25, 0.3) is 0 Å². The van der Waals surface area contributed by atoms with Crippen LogP contribution in [0.4, 0.5) is 0 Å². The van der Waals surface area contributed by atoms with Crippen molar-refractivity contribution in [3.8, 4) is 0 Å². The maximum Gasteiger partial charge on any atom is 0.118 e. The molecule has 1 N–H and O–H groups in total. The van der Waals surface area contributed by atoms with Crippen LogP contribution in [0.25, 0.3) is 0 Å². The molecular weight excluding hydrogens is 200 g/mol. The summed E-state index contributed by atoms with van der Waals surface area (Å²) in [5.74, 6) is 2.07. The van der Waals surface area contributed by atoms with E-state index in [1.165, 1.54) is 6.42 Å². The lowest BCUT2D eigenvalue weighted by molar-refractivity contribution is 0.223. The predicted molar refractivity (Wildman–Crippen MR) is 67.3 cm³/mol. The first-order valence-electron chi connectivity index (χ1n) is 6.15. The Labute approximate surface area is 98.8 Å². The second kappa shape index (κ2) is 6.71. The van der Waals surface area contributed by atoms with E-state index < -0.39 is 0 Å². The SMILES string of the molecule is CCNCc1ccc(CN(C)C(C)CC)o1. The zero-order chi connectivity index (χ0) is 12.0. The molecule has 0 bridgehead atoms. The van der Waals surface area contributed by atoms with Crippen molar-refractivity contribution in [1.29, 1.82) is 0 Å². The van der Waals surface area contributed by atoms with E-state index in [2.05, 4.69) is 50.2 Å². The minimum atomic E-state index is 0.599. The van der Waals surface area contributed by atoms with Gasteiger partial charge in [0.2, 0.25) is 0 Å². The van der Waals surface area contributed by atoms with Crippen LogP contribution in [0.3, 0.4) is 0 Å². The molecule has 3 heteroatoms. The zero-order valence-corrected chi connectivity index (χ0v) is 10.9. The molecule has 1 rings (SSSR count). The van der Waals surface area contributed by atoms with E-state index in [0.29, 0.717) is 6.04 Å². The molecule has 1 heterocycles. The molecule has 0 fully saturated rings. The lowest BCUT2D eigenvalue weighted by atomic mass is 10.2. The highest BCUT2D eigenvalue weighted by Crippen LogP contribution is 2.12. The van der Waals surface area contributed by atoms with E-state index in [9.17, 15) is 0 Å². The topological polar surface area (TPSA) is 28.4 Å². The average molecular weight is 224 g/mol. The number of nitrogens with zero attached hydrogens (tertiary/aromatic N) is 1. The van der Waals surface area contributed by atoms with Gasteiger partial charge in [-0.1, -0.05) is 13.8 Å².